The van der Waals surface area contributed by atoms with Crippen LogP contribution in [-0.2, 0) is 9.59 Å². The molecule has 0 radical (unpaired) electrons. The van der Waals surface area contributed by atoms with Crippen LogP contribution in [0.1, 0.15) is 27.9 Å². The monoisotopic (exact) mass is 288 g/mol. The summed E-state index contributed by atoms with van der Waals surface area (Å²) >= 11 is 0. The van der Waals surface area contributed by atoms with E-state index in [2.05, 4.69) is 10.6 Å². The van der Waals surface area contributed by atoms with Gasteiger partial charge in [0.2, 0.25) is 5.91 Å². The van der Waals surface area contributed by atoms with E-state index in [-0.39, 0.29) is 24.3 Å². The summed E-state index contributed by atoms with van der Waals surface area (Å²) in [5.41, 5.74) is 1.98. The van der Waals surface area contributed by atoms with Gasteiger partial charge in [0, 0.05) is 24.6 Å². The summed E-state index contributed by atoms with van der Waals surface area (Å²) in [5, 5.41) is 14.1. The quantitative estimate of drug-likeness (QED) is 0.711. The Hall–Kier alpha value is -2.63. The van der Waals surface area contributed by atoms with Crippen LogP contribution in [0.15, 0.2) is 24.3 Å². The molecule has 2 amide bonds. The summed E-state index contributed by atoms with van der Waals surface area (Å²) in [6.45, 7) is 2.27. The molecule has 1 fully saturated rings. The van der Waals surface area contributed by atoms with E-state index in [1.807, 2.05) is 6.92 Å². The fraction of sp³-hybridized carbons (Fsp3) is 0.267. The minimum absolute atomic E-state index is 0.0747. The Morgan fingerprint density at radius 3 is 2.81 bits per heavy atom. The van der Waals surface area contributed by atoms with Gasteiger partial charge in [-0.3, -0.25) is 9.59 Å². The molecule has 0 bridgehead atoms. The lowest BCUT2D eigenvalue weighted by molar-refractivity contribution is -0.131. The van der Waals surface area contributed by atoms with Crippen molar-refractivity contribution in [2.24, 2.45) is 0 Å². The molecule has 0 aliphatic carbocycles. The number of amides is 2. The van der Waals surface area contributed by atoms with E-state index >= 15 is 0 Å². The molecule has 1 saturated heterocycles. The fourth-order valence-electron chi connectivity index (χ4n) is 2.10. The van der Waals surface area contributed by atoms with Crippen LogP contribution < -0.4 is 10.6 Å². The number of hydrogen-bond acceptors (Lipinski definition) is 3. The zero-order valence-corrected chi connectivity index (χ0v) is 11.6. The maximum absolute atomic E-state index is 12.1. The molecular weight excluding hydrogens is 272 g/mol. The van der Waals surface area contributed by atoms with E-state index in [4.69, 9.17) is 5.11 Å². The minimum atomic E-state index is -1.04. The first-order valence-electron chi connectivity index (χ1n) is 6.55. The topological polar surface area (TPSA) is 95.5 Å². The highest BCUT2D eigenvalue weighted by Crippen LogP contribution is 2.14. The summed E-state index contributed by atoms with van der Waals surface area (Å²) in [6, 6.07) is 4.86. The van der Waals surface area contributed by atoms with Gasteiger partial charge in [-0.05, 0) is 36.3 Å². The third-order valence-corrected chi connectivity index (χ3v) is 3.26. The van der Waals surface area contributed by atoms with Crippen molar-refractivity contribution in [3.05, 3.63) is 41.0 Å². The molecule has 1 aliphatic heterocycles. The molecule has 1 atom stereocenters. The standard InChI is InChI=1S/C15H16N2O4/c1-9-2-3-11(6-10(9)4-5-14(19)20)15(21)17-12-7-13(18)16-8-12/h2-6,12H,7-8H2,1H3,(H,16,18)(H,17,21)(H,19,20)/b5-4+. The number of carbonyl (C=O) groups excluding carboxylic acids is 2. The predicted octanol–water partition coefficient (Wildman–Crippen LogP) is 0.711. The maximum Gasteiger partial charge on any atom is 0.328 e. The highest BCUT2D eigenvalue weighted by molar-refractivity contribution is 5.96. The number of benzene rings is 1. The van der Waals surface area contributed by atoms with Crippen molar-refractivity contribution in [1.82, 2.24) is 10.6 Å². The molecule has 1 aliphatic rings. The first-order valence-corrected chi connectivity index (χ1v) is 6.55. The Morgan fingerprint density at radius 2 is 2.19 bits per heavy atom. The zero-order chi connectivity index (χ0) is 15.4. The Balaban J connectivity index is 2.12. The van der Waals surface area contributed by atoms with Crippen molar-refractivity contribution in [2.45, 2.75) is 19.4 Å². The lowest BCUT2D eigenvalue weighted by Gasteiger charge is -2.11. The van der Waals surface area contributed by atoms with Gasteiger partial charge in [-0.2, -0.15) is 0 Å². The normalized spacial score (nSPS) is 17.8. The summed E-state index contributed by atoms with van der Waals surface area (Å²) in [7, 11) is 0. The molecule has 1 unspecified atom stereocenters. The van der Waals surface area contributed by atoms with Crippen LogP contribution in [0.3, 0.4) is 0 Å². The highest BCUT2D eigenvalue weighted by Gasteiger charge is 2.23. The Labute approximate surface area is 121 Å². The van der Waals surface area contributed by atoms with Crippen LogP contribution in [0.4, 0.5) is 0 Å². The Morgan fingerprint density at radius 1 is 1.43 bits per heavy atom. The van der Waals surface area contributed by atoms with E-state index in [9.17, 15) is 14.4 Å². The molecule has 0 aromatic heterocycles. The summed E-state index contributed by atoms with van der Waals surface area (Å²) < 4.78 is 0. The second-order valence-electron chi connectivity index (χ2n) is 4.92. The van der Waals surface area contributed by atoms with Gasteiger partial charge in [0.05, 0.1) is 6.04 Å². The largest absolute Gasteiger partial charge is 0.478 e. The molecule has 21 heavy (non-hydrogen) atoms. The van der Waals surface area contributed by atoms with Gasteiger partial charge in [-0.1, -0.05) is 6.07 Å². The molecule has 1 aromatic carbocycles. The zero-order valence-electron chi connectivity index (χ0n) is 11.6. The lowest BCUT2D eigenvalue weighted by Crippen LogP contribution is -2.36. The van der Waals surface area contributed by atoms with E-state index in [0.717, 1.165) is 11.6 Å². The van der Waals surface area contributed by atoms with Crippen LogP contribution in [0, 0.1) is 6.92 Å². The molecule has 0 spiro atoms. The third-order valence-electron chi connectivity index (χ3n) is 3.26. The number of carboxylic acids is 1. The average molecular weight is 288 g/mol. The van der Waals surface area contributed by atoms with Crippen molar-refractivity contribution in [3.8, 4) is 0 Å². The Kier molecular flexibility index (Phi) is 4.37. The number of nitrogens with one attached hydrogen (secondary N) is 2. The summed E-state index contributed by atoms with van der Waals surface area (Å²) in [4.78, 5) is 33.8. The van der Waals surface area contributed by atoms with Crippen LogP contribution in [0.5, 0.6) is 0 Å². The van der Waals surface area contributed by atoms with Gasteiger partial charge < -0.3 is 15.7 Å². The van der Waals surface area contributed by atoms with Gasteiger partial charge >= 0.3 is 5.97 Å². The second-order valence-corrected chi connectivity index (χ2v) is 4.92. The van der Waals surface area contributed by atoms with E-state index in [0.29, 0.717) is 17.7 Å². The van der Waals surface area contributed by atoms with Crippen LogP contribution >= 0.6 is 0 Å². The van der Waals surface area contributed by atoms with Crippen molar-refractivity contribution in [3.63, 3.8) is 0 Å². The molecule has 1 heterocycles. The molecular formula is C15H16N2O4. The van der Waals surface area contributed by atoms with Crippen molar-refractivity contribution >= 4 is 23.9 Å². The molecule has 6 nitrogen and oxygen atoms in total. The average Bonchev–Trinajstić information content (AvgIpc) is 2.83. The van der Waals surface area contributed by atoms with Crippen molar-refractivity contribution in [2.75, 3.05) is 6.54 Å². The fourth-order valence-corrected chi connectivity index (χ4v) is 2.10. The van der Waals surface area contributed by atoms with Gasteiger partial charge in [-0.15, -0.1) is 0 Å². The summed E-state index contributed by atoms with van der Waals surface area (Å²) in [6.07, 6.45) is 2.77. The molecule has 1 aromatic rings. The van der Waals surface area contributed by atoms with Crippen LogP contribution in [-0.4, -0.2) is 35.5 Å². The number of hydrogen-bond donors (Lipinski definition) is 3. The van der Waals surface area contributed by atoms with E-state index in [1.54, 1.807) is 18.2 Å². The second kappa shape index (κ2) is 6.21. The van der Waals surface area contributed by atoms with Crippen LogP contribution in [0.2, 0.25) is 0 Å². The number of rotatable bonds is 4. The maximum atomic E-state index is 12.1. The lowest BCUT2D eigenvalue weighted by atomic mass is 10.0. The number of aliphatic carboxylic acids is 1. The molecule has 2 rings (SSSR count). The van der Waals surface area contributed by atoms with Gasteiger partial charge in [0.15, 0.2) is 0 Å². The molecule has 110 valence electrons. The first kappa shape index (κ1) is 14.8. The number of carboxylic acid groups (broad SMARTS) is 1. The van der Waals surface area contributed by atoms with E-state index < -0.39 is 5.97 Å². The minimum Gasteiger partial charge on any atom is -0.478 e. The Bertz CT molecular complexity index is 622. The number of aryl methyl sites for hydroxylation is 1. The van der Waals surface area contributed by atoms with Crippen molar-refractivity contribution in [1.29, 1.82) is 0 Å². The first-order chi connectivity index (χ1) is 9.95. The van der Waals surface area contributed by atoms with Gasteiger partial charge in [-0.25, -0.2) is 4.79 Å². The highest BCUT2D eigenvalue weighted by atomic mass is 16.4. The van der Waals surface area contributed by atoms with Gasteiger partial charge in [0.25, 0.3) is 5.91 Å². The molecule has 0 saturated carbocycles. The summed E-state index contributed by atoms with van der Waals surface area (Å²) in [5.74, 6) is -1.39. The number of carbonyl (C=O) groups is 3. The third kappa shape index (κ3) is 3.92. The smallest absolute Gasteiger partial charge is 0.328 e. The molecule has 6 heteroatoms. The van der Waals surface area contributed by atoms with Crippen LogP contribution in [0.25, 0.3) is 6.08 Å². The van der Waals surface area contributed by atoms with Gasteiger partial charge in [0.1, 0.15) is 0 Å². The molecule has 3 N–H and O–H groups in total. The predicted molar refractivity (Wildman–Crippen MR) is 76.7 cm³/mol. The SMILES string of the molecule is Cc1ccc(C(=O)NC2CNC(=O)C2)cc1/C=C/C(=O)O. The van der Waals surface area contributed by atoms with Crippen molar-refractivity contribution < 1.29 is 19.5 Å². The van der Waals surface area contributed by atoms with E-state index in [1.165, 1.54) is 6.08 Å².